The number of carbonyl (C=O) groups excluding carboxylic acids is 2. The topological polar surface area (TPSA) is 90.8 Å². The van der Waals surface area contributed by atoms with Crippen LogP contribution >= 0.6 is 54.8 Å². The molecule has 2 aromatic carbocycles. The zero-order valence-corrected chi connectivity index (χ0v) is 20.3. The Morgan fingerprint density at radius 3 is 2.61 bits per heavy atom. The summed E-state index contributed by atoms with van der Waals surface area (Å²) in [6, 6.07) is 13.5. The van der Waals surface area contributed by atoms with E-state index in [1.165, 1.54) is 23.6 Å². The molecule has 6 nitrogen and oxygen atoms in total. The van der Waals surface area contributed by atoms with Crippen LogP contribution in [-0.4, -0.2) is 23.1 Å². The summed E-state index contributed by atoms with van der Waals surface area (Å²) in [6.07, 6.45) is 2.83. The first kappa shape index (κ1) is 23.2. The van der Waals surface area contributed by atoms with Gasteiger partial charge in [0, 0.05) is 14.9 Å². The molecule has 3 N–H and O–H groups in total. The minimum atomic E-state index is -0.640. The van der Waals surface area contributed by atoms with Crippen molar-refractivity contribution in [3.05, 3.63) is 89.6 Å². The second-order valence-corrected chi connectivity index (χ2v) is 9.19. The standard InChI is InChI=1S/C21H14Br2ClN3O3S/c22-13-8-12(19(28)16(23)9-13)11-25-27-21(30)18(10-14-4-3-7-31-14)26-20(29)15-5-1-2-6-17(15)24/h1-11,28H,(H,26,29)(H,27,30). The van der Waals surface area contributed by atoms with E-state index in [1.54, 1.807) is 42.5 Å². The van der Waals surface area contributed by atoms with E-state index >= 15 is 0 Å². The van der Waals surface area contributed by atoms with Crippen LogP contribution in [0, 0.1) is 0 Å². The number of phenolic OH excluding ortho intramolecular Hbond substituents is 1. The number of thiophene rings is 1. The van der Waals surface area contributed by atoms with Gasteiger partial charge in [-0.15, -0.1) is 11.3 Å². The maximum atomic E-state index is 12.7. The first-order valence-electron chi connectivity index (χ1n) is 8.67. The third kappa shape index (κ3) is 6.27. The normalized spacial score (nSPS) is 11.5. The molecule has 31 heavy (non-hydrogen) atoms. The van der Waals surface area contributed by atoms with E-state index in [-0.39, 0.29) is 22.0 Å². The number of carbonyl (C=O) groups is 2. The number of hydrogen-bond acceptors (Lipinski definition) is 5. The van der Waals surface area contributed by atoms with Gasteiger partial charge >= 0.3 is 0 Å². The number of hydrazone groups is 1. The monoisotopic (exact) mass is 581 g/mol. The molecule has 0 aliphatic carbocycles. The highest BCUT2D eigenvalue weighted by Gasteiger charge is 2.16. The molecule has 3 rings (SSSR count). The zero-order chi connectivity index (χ0) is 22.4. The minimum Gasteiger partial charge on any atom is -0.506 e. The van der Waals surface area contributed by atoms with E-state index in [2.05, 4.69) is 47.7 Å². The summed E-state index contributed by atoms with van der Waals surface area (Å²) < 4.78 is 1.19. The molecule has 0 saturated heterocycles. The predicted octanol–water partition coefficient (Wildman–Crippen LogP) is 5.55. The van der Waals surface area contributed by atoms with Crippen LogP contribution < -0.4 is 10.7 Å². The van der Waals surface area contributed by atoms with Crippen molar-refractivity contribution in [3.63, 3.8) is 0 Å². The molecule has 0 atom stereocenters. The molecule has 158 valence electrons. The van der Waals surface area contributed by atoms with E-state index in [1.807, 2.05) is 11.4 Å². The number of aromatic hydroxyl groups is 1. The Hall–Kier alpha value is -2.46. The number of phenols is 1. The van der Waals surface area contributed by atoms with Crippen molar-refractivity contribution in [1.29, 1.82) is 0 Å². The fourth-order valence-electron chi connectivity index (χ4n) is 2.41. The van der Waals surface area contributed by atoms with Gasteiger partial charge < -0.3 is 10.4 Å². The zero-order valence-electron chi connectivity index (χ0n) is 15.6. The Balaban J connectivity index is 1.80. The van der Waals surface area contributed by atoms with Gasteiger partial charge in [-0.3, -0.25) is 9.59 Å². The van der Waals surface area contributed by atoms with Crippen LogP contribution in [0.25, 0.3) is 6.08 Å². The minimum absolute atomic E-state index is 0.0100. The molecule has 10 heteroatoms. The lowest BCUT2D eigenvalue weighted by Crippen LogP contribution is -2.33. The Bertz CT molecular complexity index is 1180. The van der Waals surface area contributed by atoms with Gasteiger partial charge in [-0.1, -0.05) is 45.7 Å². The highest BCUT2D eigenvalue weighted by molar-refractivity contribution is 9.11. The number of nitrogens with zero attached hydrogens (tertiary/aromatic N) is 1. The number of rotatable bonds is 6. The second kappa shape index (κ2) is 10.7. The van der Waals surface area contributed by atoms with Crippen molar-refractivity contribution < 1.29 is 14.7 Å². The summed E-state index contributed by atoms with van der Waals surface area (Å²) in [5, 5.41) is 18.7. The maximum absolute atomic E-state index is 12.7. The highest BCUT2D eigenvalue weighted by atomic mass is 79.9. The van der Waals surface area contributed by atoms with Gasteiger partial charge in [-0.25, -0.2) is 5.43 Å². The Labute approximate surface area is 203 Å². The van der Waals surface area contributed by atoms with E-state index in [0.717, 1.165) is 9.35 Å². The van der Waals surface area contributed by atoms with Crippen molar-refractivity contribution >= 4 is 78.9 Å². The lowest BCUT2D eigenvalue weighted by molar-refractivity contribution is -0.117. The molecule has 3 aromatic rings. The van der Waals surface area contributed by atoms with Gasteiger partial charge in [0.15, 0.2) is 0 Å². The van der Waals surface area contributed by atoms with Crippen molar-refractivity contribution in [3.8, 4) is 5.75 Å². The van der Waals surface area contributed by atoms with Crippen molar-refractivity contribution in [2.45, 2.75) is 0 Å². The predicted molar refractivity (Wildman–Crippen MR) is 130 cm³/mol. The van der Waals surface area contributed by atoms with Crippen LogP contribution in [0.1, 0.15) is 20.8 Å². The molecule has 0 radical (unpaired) electrons. The molecule has 2 amide bonds. The molecular weight excluding hydrogens is 570 g/mol. The number of halogens is 3. The smallest absolute Gasteiger partial charge is 0.287 e. The van der Waals surface area contributed by atoms with E-state index in [9.17, 15) is 14.7 Å². The molecule has 0 aliphatic rings. The highest BCUT2D eigenvalue weighted by Crippen LogP contribution is 2.30. The van der Waals surface area contributed by atoms with E-state index in [0.29, 0.717) is 10.0 Å². The summed E-state index contributed by atoms with van der Waals surface area (Å²) in [6.45, 7) is 0. The van der Waals surface area contributed by atoms with Crippen molar-refractivity contribution in [2.75, 3.05) is 0 Å². The van der Waals surface area contributed by atoms with Gasteiger partial charge in [0.05, 0.1) is 21.3 Å². The molecule has 0 unspecified atom stereocenters. The van der Waals surface area contributed by atoms with Crippen LogP contribution in [0.3, 0.4) is 0 Å². The number of nitrogens with one attached hydrogen (secondary N) is 2. The SMILES string of the molecule is O=C(NN=Cc1cc(Br)cc(Br)c1O)C(=Cc1cccs1)NC(=O)c1ccccc1Cl. The van der Waals surface area contributed by atoms with Crippen LogP contribution in [0.4, 0.5) is 0 Å². The maximum Gasteiger partial charge on any atom is 0.287 e. The average molecular weight is 584 g/mol. The quantitative estimate of drug-likeness (QED) is 0.202. The van der Waals surface area contributed by atoms with Crippen LogP contribution in [0.15, 0.2) is 73.7 Å². The molecule has 1 aromatic heterocycles. The summed E-state index contributed by atoms with van der Waals surface area (Å²) in [4.78, 5) is 26.1. The Morgan fingerprint density at radius 2 is 1.90 bits per heavy atom. The summed E-state index contributed by atoms with van der Waals surface area (Å²) in [5.41, 5.74) is 2.97. The van der Waals surface area contributed by atoms with E-state index < -0.39 is 11.8 Å². The molecule has 0 saturated carbocycles. The first-order valence-corrected chi connectivity index (χ1v) is 11.5. The van der Waals surface area contributed by atoms with Crippen LogP contribution in [0.5, 0.6) is 5.75 Å². The van der Waals surface area contributed by atoms with Gasteiger partial charge in [-0.2, -0.15) is 5.10 Å². The molecule has 0 spiro atoms. The fraction of sp³-hybridized carbons (Fsp3) is 0. The molecule has 0 aliphatic heterocycles. The third-order valence-corrected chi connectivity index (χ3v) is 6.08. The number of hydrogen-bond donors (Lipinski definition) is 3. The second-order valence-electron chi connectivity index (χ2n) is 6.03. The average Bonchev–Trinajstić information content (AvgIpc) is 3.24. The van der Waals surface area contributed by atoms with Gasteiger partial charge in [0.2, 0.25) is 0 Å². The Kier molecular flexibility index (Phi) is 8.03. The van der Waals surface area contributed by atoms with Gasteiger partial charge in [0.1, 0.15) is 11.4 Å². The number of benzene rings is 2. The molecule has 0 bridgehead atoms. The summed E-state index contributed by atoms with van der Waals surface area (Å²) >= 11 is 14.0. The molecular formula is C21H14Br2ClN3O3S. The van der Waals surface area contributed by atoms with Gasteiger partial charge in [0.25, 0.3) is 11.8 Å². The summed E-state index contributed by atoms with van der Waals surface area (Å²) in [5.74, 6) is -1.19. The Morgan fingerprint density at radius 1 is 1.13 bits per heavy atom. The molecule has 0 fully saturated rings. The number of amides is 2. The largest absolute Gasteiger partial charge is 0.506 e. The summed E-state index contributed by atoms with van der Waals surface area (Å²) in [7, 11) is 0. The fourth-order valence-corrected chi connectivity index (χ4v) is 4.55. The first-order chi connectivity index (χ1) is 14.8. The van der Waals surface area contributed by atoms with Gasteiger partial charge in [-0.05, 0) is 57.7 Å². The van der Waals surface area contributed by atoms with E-state index in [4.69, 9.17) is 11.6 Å². The van der Waals surface area contributed by atoms with Crippen LogP contribution in [0.2, 0.25) is 5.02 Å². The third-order valence-electron chi connectivity index (χ3n) is 3.87. The van der Waals surface area contributed by atoms with Crippen LogP contribution in [-0.2, 0) is 4.79 Å². The lowest BCUT2D eigenvalue weighted by Gasteiger charge is -2.10. The lowest BCUT2D eigenvalue weighted by atomic mass is 10.2. The van der Waals surface area contributed by atoms with Crippen molar-refractivity contribution in [1.82, 2.24) is 10.7 Å². The molecule has 1 heterocycles. The van der Waals surface area contributed by atoms with Crippen molar-refractivity contribution in [2.24, 2.45) is 5.10 Å².